The van der Waals surface area contributed by atoms with Gasteiger partial charge in [-0.05, 0) is 55.4 Å². The molecule has 0 spiro atoms. The highest BCUT2D eigenvalue weighted by Gasteiger charge is 2.11. The van der Waals surface area contributed by atoms with E-state index in [2.05, 4.69) is 11.0 Å². The van der Waals surface area contributed by atoms with Crippen LogP contribution in [0.5, 0.6) is 0 Å². The maximum atomic E-state index is 9.17. The lowest BCUT2D eigenvalue weighted by Crippen LogP contribution is -2.13. The van der Waals surface area contributed by atoms with E-state index in [9.17, 15) is 0 Å². The van der Waals surface area contributed by atoms with E-state index in [1.807, 2.05) is 50.5 Å². The average Bonchev–Trinajstić information content (AvgIpc) is 2.43. The zero-order valence-corrected chi connectivity index (χ0v) is 13.0. The van der Waals surface area contributed by atoms with Crippen LogP contribution in [0, 0.1) is 11.3 Å². The first-order valence-electron chi connectivity index (χ1n) is 6.70. The van der Waals surface area contributed by atoms with Crippen molar-refractivity contribution in [2.45, 2.75) is 13.0 Å². The summed E-state index contributed by atoms with van der Waals surface area (Å²) < 4.78 is 0. The summed E-state index contributed by atoms with van der Waals surface area (Å²) in [5, 5.41) is 9.67. The molecule has 0 radical (unpaired) electrons. The summed E-state index contributed by atoms with van der Waals surface area (Å²) in [4.78, 5) is 2.08. The molecule has 4 heteroatoms. The third-order valence-corrected chi connectivity index (χ3v) is 3.65. The number of anilines is 1. The molecule has 21 heavy (non-hydrogen) atoms. The molecule has 0 aliphatic rings. The Hall–Kier alpha value is -2.02. The molecule has 0 atom stereocenters. The molecule has 2 N–H and O–H groups in total. The summed E-state index contributed by atoms with van der Waals surface area (Å²) in [6.45, 7) is 0.771. The van der Waals surface area contributed by atoms with E-state index >= 15 is 0 Å². The van der Waals surface area contributed by atoms with Crippen molar-refractivity contribution in [1.82, 2.24) is 4.90 Å². The van der Waals surface area contributed by atoms with Gasteiger partial charge in [0.1, 0.15) is 6.07 Å². The van der Waals surface area contributed by atoms with Gasteiger partial charge in [0.2, 0.25) is 0 Å². The zero-order chi connectivity index (χ0) is 15.4. The van der Waals surface area contributed by atoms with Crippen LogP contribution in [0.3, 0.4) is 0 Å². The molecular formula is C17H18ClN3. The van der Waals surface area contributed by atoms with Crippen LogP contribution >= 0.6 is 11.6 Å². The number of hydrogen-bond acceptors (Lipinski definition) is 3. The third-order valence-electron chi connectivity index (χ3n) is 3.33. The second-order valence-corrected chi connectivity index (χ2v) is 5.73. The lowest BCUT2D eigenvalue weighted by atomic mass is 9.96. The SMILES string of the molecule is CN(C)Cc1cc(Cl)c(C#N)cc1Cc1ccccc1N. The number of nitrogen functional groups attached to an aromatic ring is 1. The Balaban J connectivity index is 2.45. The lowest BCUT2D eigenvalue weighted by Gasteiger charge is -2.16. The molecule has 0 bridgehead atoms. The molecule has 0 saturated heterocycles. The first-order valence-corrected chi connectivity index (χ1v) is 7.08. The van der Waals surface area contributed by atoms with Crippen molar-refractivity contribution in [2.75, 3.05) is 19.8 Å². The Morgan fingerprint density at radius 1 is 1.14 bits per heavy atom. The number of para-hydroxylation sites is 1. The molecule has 2 aromatic rings. The van der Waals surface area contributed by atoms with Crippen LogP contribution in [0.25, 0.3) is 0 Å². The zero-order valence-electron chi connectivity index (χ0n) is 12.2. The summed E-state index contributed by atoms with van der Waals surface area (Å²) in [5.74, 6) is 0. The standard InChI is InChI=1S/C17H18ClN3/c1-21(2)11-15-9-16(18)14(10-19)8-13(15)7-12-5-3-4-6-17(12)20/h3-6,8-9H,7,11,20H2,1-2H3. The van der Waals surface area contributed by atoms with Crippen molar-refractivity contribution >= 4 is 17.3 Å². The molecule has 0 aliphatic heterocycles. The third kappa shape index (κ3) is 3.75. The highest BCUT2D eigenvalue weighted by atomic mass is 35.5. The van der Waals surface area contributed by atoms with Crippen molar-refractivity contribution in [3.05, 3.63) is 63.7 Å². The van der Waals surface area contributed by atoms with Gasteiger partial charge in [0.25, 0.3) is 0 Å². The second-order valence-electron chi connectivity index (χ2n) is 5.33. The minimum Gasteiger partial charge on any atom is -0.398 e. The van der Waals surface area contributed by atoms with Crippen LogP contribution in [-0.2, 0) is 13.0 Å². The van der Waals surface area contributed by atoms with E-state index in [4.69, 9.17) is 22.6 Å². The number of benzene rings is 2. The fourth-order valence-corrected chi connectivity index (χ4v) is 2.53. The molecule has 0 heterocycles. The van der Waals surface area contributed by atoms with Crippen LogP contribution in [0.1, 0.15) is 22.3 Å². The molecule has 0 amide bonds. The summed E-state index contributed by atoms with van der Waals surface area (Å²) in [6, 6.07) is 13.7. The predicted molar refractivity (Wildman–Crippen MR) is 87.2 cm³/mol. The van der Waals surface area contributed by atoms with Crippen LogP contribution in [0.15, 0.2) is 36.4 Å². The minimum absolute atomic E-state index is 0.499. The largest absolute Gasteiger partial charge is 0.398 e. The maximum absolute atomic E-state index is 9.17. The quantitative estimate of drug-likeness (QED) is 0.880. The van der Waals surface area contributed by atoms with Gasteiger partial charge in [0.15, 0.2) is 0 Å². The van der Waals surface area contributed by atoms with E-state index in [0.717, 1.165) is 28.9 Å². The van der Waals surface area contributed by atoms with Gasteiger partial charge in [-0.2, -0.15) is 5.26 Å². The Bertz CT molecular complexity index is 687. The van der Waals surface area contributed by atoms with E-state index in [-0.39, 0.29) is 0 Å². The molecule has 2 aromatic carbocycles. The normalized spacial score (nSPS) is 10.6. The Morgan fingerprint density at radius 2 is 1.86 bits per heavy atom. The molecule has 0 fully saturated rings. The monoisotopic (exact) mass is 299 g/mol. The molecule has 108 valence electrons. The van der Waals surface area contributed by atoms with Gasteiger partial charge in [-0.3, -0.25) is 0 Å². The lowest BCUT2D eigenvalue weighted by molar-refractivity contribution is 0.401. The van der Waals surface area contributed by atoms with Gasteiger partial charge in [-0.25, -0.2) is 0 Å². The molecular weight excluding hydrogens is 282 g/mol. The molecule has 2 rings (SSSR count). The number of rotatable bonds is 4. The average molecular weight is 300 g/mol. The van der Waals surface area contributed by atoms with Crippen molar-refractivity contribution in [1.29, 1.82) is 5.26 Å². The van der Waals surface area contributed by atoms with E-state index in [1.165, 1.54) is 0 Å². The first kappa shape index (κ1) is 15.4. The van der Waals surface area contributed by atoms with Gasteiger partial charge < -0.3 is 10.6 Å². The smallest absolute Gasteiger partial charge is 0.101 e. The fraction of sp³-hybridized carbons (Fsp3) is 0.235. The van der Waals surface area contributed by atoms with Crippen LogP contribution in [-0.4, -0.2) is 19.0 Å². The first-order chi connectivity index (χ1) is 10.0. The highest BCUT2D eigenvalue weighted by molar-refractivity contribution is 6.31. The number of nitrogens with two attached hydrogens (primary N) is 1. The number of nitrogens with zero attached hydrogens (tertiary/aromatic N) is 2. The van der Waals surface area contributed by atoms with Crippen molar-refractivity contribution < 1.29 is 0 Å². The van der Waals surface area contributed by atoms with Gasteiger partial charge in [0, 0.05) is 12.2 Å². The van der Waals surface area contributed by atoms with Crippen molar-refractivity contribution in [2.24, 2.45) is 0 Å². The number of hydrogen-bond donors (Lipinski definition) is 1. The predicted octanol–water partition coefficient (Wildman–Crippen LogP) is 3.45. The Morgan fingerprint density at radius 3 is 2.48 bits per heavy atom. The molecule has 0 saturated carbocycles. The summed E-state index contributed by atoms with van der Waals surface area (Å²) >= 11 is 6.15. The molecule has 3 nitrogen and oxygen atoms in total. The van der Waals surface area contributed by atoms with Crippen molar-refractivity contribution in [3.8, 4) is 6.07 Å². The van der Waals surface area contributed by atoms with Gasteiger partial charge in [-0.15, -0.1) is 0 Å². The summed E-state index contributed by atoms with van der Waals surface area (Å²) in [5.41, 5.74) is 10.6. The topological polar surface area (TPSA) is 53.0 Å². The van der Waals surface area contributed by atoms with E-state index in [0.29, 0.717) is 17.0 Å². The Kier molecular flexibility index (Phi) is 4.85. The van der Waals surface area contributed by atoms with Crippen LogP contribution in [0.2, 0.25) is 5.02 Å². The maximum Gasteiger partial charge on any atom is 0.101 e. The highest BCUT2D eigenvalue weighted by Crippen LogP contribution is 2.25. The fourth-order valence-electron chi connectivity index (χ4n) is 2.30. The molecule has 0 aliphatic carbocycles. The molecule has 0 unspecified atom stereocenters. The van der Waals surface area contributed by atoms with Crippen LogP contribution in [0.4, 0.5) is 5.69 Å². The van der Waals surface area contributed by atoms with E-state index in [1.54, 1.807) is 0 Å². The van der Waals surface area contributed by atoms with Gasteiger partial charge in [0.05, 0.1) is 10.6 Å². The van der Waals surface area contributed by atoms with E-state index < -0.39 is 0 Å². The minimum atomic E-state index is 0.499. The van der Waals surface area contributed by atoms with Gasteiger partial charge >= 0.3 is 0 Å². The summed E-state index contributed by atoms with van der Waals surface area (Å²) in [6.07, 6.45) is 0.696. The van der Waals surface area contributed by atoms with Crippen molar-refractivity contribution in [3.63, 3.8) is 0 Å². The number of nitriles is 1. The van der Waals surface area contributed by atoms with Gasteiger partial charge in [-0.1, -0.05) is 29.8 Å². The number of halogens is 1. The van der Waals surface area contributed by atoms with Crippen LogP contribution < -0.4 is 5.73 Å². The Labute approximate surface area is 130 Å². The summed E-state index contributed by atoms with van der Waals surface area (Å²) in [7, 11) is 4.01. The second kappa shape index (κ2) is 6.62. The molecule has 0 aromatic heterocycles.